The van der Waals surface area contributed by atoms with Crippen LogP contribution in [0.15, 0.2) is 0 Å². The molecule has 4 rings (SSSR count). The van der Waals surface area contributed by atoms with Crippen LogP contribution in [0, 0.1) is 39.4 Å². The lowest BCUT2D eigenvalue weighted by molar-refractivity contribution is -0.159. The summed E-state index contributed by atoms with van der Waals surface area (Å²) in [6, 6.07) is 0. The summed E-state index contributed by atoms with van der Waals surface area (Å²) in [5.41, 5.74) is -0.431. The first kappa shape index (κ1) is 16.1. The highest BCUT2D eigenvalue weighted by Crippen LogP contribution is 2.80. The molecule has 2 N–H and O–H groups in total. The highest BCUT2D eigenvalue weighted by Gasteiger charge is 2.78. The van der Waals surface area contributed by atoms with E-state index in [-0.39, 0.29) is 39.5 Å². The number of fused-ring (bicyclic) bond motifs is 2. The molecule has 0 heterocycles. The second-order valence-corrected chi connectivity index (χ2v) is 10.4. The maximum absolute atomic E-state index is 12.9. The van der Waals surface area contributed by atoms with Gasteiger partial charge in [0.2, 0.25) is 0 Å². The summed E-state index contributed by atoms with van der Waals surface area (Å²) >= 11 is 0. The summed E-state index contributed by atoms with van der Waals surface area (Å²) in [5.74, 6) is 1.32. The summed E-state index contributed by atoms with van der Waals surface area (Å²) in [5, 5.41) is 21.5. The number of rotatable bonds is 0. The minimum atomic E-state index is -0.515. The summed E-state index contributed by atoms with van der Waals surface area (Å²) in [7, 11) is 0. The van der Waals surface area contributed by atoms with E-state index in [1.165, 1.54) is 0 Å². The molecule has 0 unspecified atom stereocenters. The summed E-state index contributed by atoms with van der Waals surface area (Å²) < 4.78 is 0. The standard InChI is InChI=1S/C20H32O3/c1-11-13(21)8-14(22)19(5)7-6-12-16-17(2,3)9-15(23)18(16,4)10-20(11,12)19/h11-13,15-16,21,23H,6-10H2,1-5H3/t11-,12-,13+,15+,16+,18-,19-,20-/m0/s1. The summed E-state index contributed by atoms with van der Waals surface area (Å²) in [6.45, 7) is 11.2. The van der Waals surface area contributed by atoms with E-state index in [1.54, 1.807) is 0 Å². The fourth-order valence-corrected chi connectivity index (χ4v) is 8.29. The highest BCUT2D eigenvalue weighted by atomic mass is 16.3. The Balaban J connectivity index is 1.91. The SMILES string of the molecule is C[C@H]1[C@H](O)CC(=O)[C@]2(C)CC[C@H]3[C@@H]4C(C)(C)C[C@@H](O)[C@]4(C)C[C@]132. The number of aliphatic hydroxyl groups excluding tert-OH is 2. The van der Waals surface area contributed by atoms with Gasteiger partial charge in [0.15, 0.2) is 0 Å². The number of hydrogen-bond acceptors (Lipinski definition) is 3. The monoisotopic (exact) mass is 320 g/mol. The van der Waals surface area contributed by atoms with E-state index in [4.69, 9.17) is 0 Å². The van der Waals surface area contributed by atoms with Crippen molar-refractivity contribution in [2.75, 3.05) is 0 Å². The Kier molecular flexibility index (Phi) is 2.95. The quantitative estimate of drug-likeness (QED) is 0.721. The zero-order valence-electron chi connectivity index (χ0n) is 15.2. The topological polar surface area (TPSA) is 57.5 Å². The molecule has 8 atom stereocenters. The van der Waals surface area contributed by atoms with Gasteiger partial charge >= 0.3 is 0 Å². The molecule has 4 aliphatic carbocycles. The van der Waals surface area contributed by atoms with Crippen molar-refractivity contribution in [3.8, 4) is 0 Å². The van der Waals surface area contributed by atoms with Gasteiger partial charge in [-0.05, 0) is 59.7 Å². The molecular formula is C20H32O3. The first-order valence-electron chi connectivity index (χ1n) is 9.40. The zero-order chi connectivity index (χ0) is 17.0. The fraction of sp³-hybridized carbons (Fsp3) is 0.950. The van der Waals surface area contributed by atoms with Crippen LogP contribution in [0.2, 0.25) is 0 Å². The number of carbonyl (C=O) groups excluding carboxylic acids is 1. The highest BCUT2D eigenvalue weighted by molar-refractivity contribution is 5.87. The van der Waals surface area contributed by atoms with Crippen molar-refractivity contribution >= 4 is 5.78 Å². The third kappa shape index (κ3) is 1.53. The van der Waals surface area contributed by atoms with Crippen LogP contribution in [0.25, 0.3) is 0 Å². The van der Waals surface area contributed by atoms with Crippen molar-refractivity contribution < 1.29 is 15.0 Å². The minimum Gasteiger partial charge on any atom is -0.393 e. The van der Waals surface area contributed by atoms with Crippen LogP contribution in [0.1, 0.15) is 66.7 Å². The smallest absolute Gasteiger partial charge is 0.141 e. The summed E-state index contributed by atoms with van der Waals surface area (Å²) in [6.07, 6.45) is 3.33. The van der Waals surface area contributed by atoms with Gasteiger partial charge in [-0.1, -0.05) is 34.6 Å². The van der Waals surface area contributed by atoms with E-state index in [2.05, 4.69) is 34.6 Å². The fourth-order valence-electron chi connectivity index (χ4n) is 8.29. The molecule has 0 aromatic carbocycles. The molecule has 3 heteroatoms. The zero-order valence-corrected chi connectivity index (χ0v) is 15.2. The Morgan fingerprint density at radius 3 is 2.43 bits per heavy atom. The van der Waals surface area contributed by atoms with Gasteiger partial charge in [-0.15, -0.1) is 0 Å². The average molecular weight is 320 g/mol. The van der Waals surface area contributed by atoms with Crippen molar-refractivity contribution in [1.82, 2.24) is 0 Å². The number of carbonyl (C=O) groups is 1. The normalized spacial score (nSPS) is 60.5. The van der Waals surface area contributed by atoms with Crippen LogP contribution in [0.5, 0.6) is 0 Å². The van der Waals surface area contributed by atoms with E-state index in [0.717, 1.165) is 25.7 Å². The second-order valence-electron chi connectivity index (χ2n) is 10.4. The van der Waals surface area contributed by atoms with E-state index < -0.39 is 6.10 Å². The van der Waals surface area contributed by atoms with Gasteiger partial charge in [-0.2, -0.15) is 0 Å². The third-order valence-corrected chi connectivity index (χ3v) is 9.15. The average Bonchev–Trinajstić information content (AvgIpc) is 2.94. The van der Waals surface area contributed by atoms with Crippen molar-refractivity contribution in [3.63, 3.8) is 0 Å². The van der Waals surface area contributed by atoms with Gasteiger partial charge in [-0.3, -0.25) is 4.79 Å². The maximum Gasteiger partial charge on any atom is 0.141 e. The molecule has 4 saturated carbocycles. The Hall–Kier alpha value is -0.410. The van der Waals surface area contributed by atoms with E-state index in [0.29, 0.717) is 18.3 Å². The second kappa shape index (κ2) is 4.22. The number of Topliss-reactive ketones (excluding diaryl/α,β-unsaturated/α-hetero) is 1. The van der Waals surface area contributed by atoms with Crippen LogP contribution in [0.4, 0.5) is 0 Å². The molecule has 0 amide bonds. The first-order valence-corrected chi connectivity index (χ1v) is 9.40. The molecular weight excluding hydrogens is 288 g/mol. The molecule has 0 aliphatic heterocycles. The number of hydrogen-bond donors (Lipinski definition) is 2. The molecule has 0 saturated heterocycles. The van der Waals surface area contributed by atoms with Gasteiger partial charge < -0.3 is 10.2 Å². The molecule has 0 bridgehead atoms. The molecule has 4 aliphatic rings. The lowest BCUT2D eigenvalue weighted by Gasteiger charge is -2.54. The summed E-state index contributed by atoms with van der Waals surface area (Å²) in [4.78, 5) is 12.9. The molecule has 23 heavy (non-hydrogen) atoms. The molecule has 0 aromatic rings. The molecule has 130 valence electrons. The third-order valence-electron chi connectivity index (χ3n) is 9.15. The Labute approximate surface area is 139 Å². The minimum absolute atomic E-state index is 0.110. The van der Waals surface area contributed by atoms with Crippen molar-refractivity contribution in [2.45, 2.75) is 78.9 Å². The largest absolute Gasteiger partial charge is 0.393 e. The Bertz CT molecular complexity index is 569. The van der Waals surface area contributed by atoms with E-state index >= 15 is 0 Å². The van der Waals surface area contributed by atoms with Gasteiger partial charge in [0, 0.05) is 11.8 Å². The number of ketones is 1. The van der Waals surface area contributed by atoms with Gasteiger partial charge in [0.1, 0.15) is 5.78 Å². The van der Waals surface area contributed by atoms with Crippen LogP contribution < -0.4 is 0 Å². The van der Waals surface area contributed by atoms with Crippen molar-refractivity contribution in [2.24, 2.45) is 39.4 Å². The Morgan fingerprint density at radius 1 is 1.13 bits per heavy atom. The molecule has 0 radical (unpaired) electrons. The van der Waals surface area contributed by atoms with Gasteiger partial charge in [0.05, 0.1) is 12.2 Å². The van der Waals surface area contributed by atoms with Crippen molar-refractivity contribution in [3.05, 3.63) is 0 Å². The van der Waals surface area contributed by atoms with Crippen LogP contribution in [-0.4, -0.2) is 28.2 Å². The predicted molar refractivity (Wildman–Crippen MR) is 88.7 cm³/mol. The van der Waals surface area contributed by atoms with Crippen LogP contribution >= 0.6 is 0 Å². The lowest BCUT2D eigenvalue weighted by atomic mass is 9.49. The predicted octanol–water partition coefficient (Wildman–Crippen LogP) is 3.18. The number of aliphatic hydroxyl groups is 2. The van der Waals surface area contributed by atoms with Crippen LogP contribution in [-0.2, 0) is 4.79 Å². The first-order chi connectivity index (χ1) is 10.5. The van der Waals surface area contributed by atoms with Crippen molar-refractivity contribution in [1.29, 1.82) is 0 Å². The molecule has 1 spiro atoms. The van der Waals surface area contributed by atoms with E-state index in [9.17, 15) is 15.0 Å². The van der Waals surface area contributed by atoms with E-state index in [1.807, 2.05) is 0 Å². The molecule has 3 nitrogen and oxygen atoms in total. The van der Waals surface area contributed by atoms with Gasteiger partial charge in [0.25, 0.3) is 0 Å². The lowest BCUT2D eigenvalue weighted by Crippen LogP contribution is -2.56. The Morgan fingerprint density at radius 2 is 1.78 bits per heavy atom. The maximum atomic E-state index is 12.9. The molecule has 4 fully saturated rings. The molecule has 0 aromatic heterocycles. The van der Waals surface area contributed by atoms with Crippen LogP contribution in [0.3, 0.4) is 0 Å². The van der Waals surface area contributed by atoms with Gasteiger partial charge in [-0.25, -0.2) is 0 Å².